The lowest BCUT2D eigenvalue weighted by Crippen LogP contribution is -2.48. The zero-order valence-corrected chi connectivity index (χ0v) is 18.3. The molecular formula is C22H27N3O4S. The van der Waals surface area contributed by atoms with Crippen molar-refractivity contribution in [1.82, 2.24) is 10.2 Å². The molecule has 7 nitrogen and oxygen atoms in total. The zero-order chi connectivity index (χ0) is 22.1. The van der Waals surface area contributed by atoms with E-state index < -0.39 is 11.0 Å². The Hall–Kier alpha value is -2.87. The van der Waals surface area contributed by atoms with Gasteiger partial charge in [-0.2, -0.15) is 0 Å². The van der Waals surface area contributed by atoms with Crippen molar-refractivity contribution in [3.05, 3.63) is 75.3 Å². The highest BCUT2D eigenvalue weighted by Crippen LogP contribution is 2.19. The SMILES string of the molecule is CCC(C(=O)NC)N(Cc1ccc(C)cc1)C(=O)CSCc1ccc([N+](=O)[O-])cc1. The number of likely N-dealkylation sites (N-methyl/N-ethyl adjacent to an activating group) is 1. The van der Waals surface area contributed by atoms with E-state index in [0.29, 0.717) is 18.7 Å². The van der Waals surface area contributed by atoms with Crippen molar-refractivity contribution in [3.63, 3.8) is 0 Å². The standard InChI is InChI=1S/C22H27N3O4S/c1-4-20(22(27)23-3)24(13-17-7-5-16(2)6-8-17)21(26)15-30-14-18-9-11-19(12-10-18)25(28)29/h5-12,20H,4,13-15H2,1-3H3,(H,23,27). The Bertz CT molecular complexity index is 869. The van der Waals surface area contributed by atoms with Gasteiger partial charge < -0.3 is 10.2 Å². The van der Waals surface area contributed by atoms with Gasteiger partial charge in [-0.05, 0) is 24.5 Å². The van der Waals surface area contributed by atoms with Gasteiger partial charge in [-0.25, -0.2) is 0 Å². The molecule has 1 N–H and O–H groups in total. The van der Waals surface area contributed by atoms with Crippen molar-refractivity contribution in [1.29, 1.82) is 0 Å². The number of aryl methyl sites for hydroxylation is 1. The van der Waals surface area contributed by atoms with Crippen LogP contribution in [0.4, 0.5) is 5.69 Å². The monoisotopic (exact) mass is 429 g/mol. The lowest BCUT2D eigenvalue weighted by Gasteiger charge is -2.30. The molecule has 0 aliphatic heterocycles. The van der Waals surface area contributed by atoms with Crippen LogP contribution in [0, 0.1) is 17.0 Å². The summed E-state index contributed by atoms with van der Waals surface area (Å²) in [4.78, 5) is 37.3. The van der Waals surface area contributed by atoms with E-state index >= 15 is 0 Å². The summed E-state index contributed by atoms with van der Waals surface area (Å²) in [5.41, 5.74) is 3.05. The Morgan fingerprint density at radius 2 is 1.70 bits per heavy atom. The Morgan fingerprint density at radius 1 is 1.10 bits per heavy atom. The molecule has 0 saturated carbocycles. The number of nitrogens with one attached hydrogen (secondary N) is 1. The van der Waals surface area contributed by atoms with E-state index in [1.165, 1.54) is 23.9 Å². The Balaban J connectivity index is 2.06. The highest BCUT2D eigenvalue weighted by atomic mass is 32.2. The fourth-order valence-corrected chi connectivity index (χ4v) is 3.90. The lowest BCUT2D eigenvalue weighted by molar-refractivity contribution is -0.384. The number of rotatable bonds is 10. The molecular weight excluding hydrogens is 402 g/mol. The molecule has 1 atom stereocenters. The molecule has 2 rings (SSSR count). The van der Waals surface area contributed by atoms with Gasteiger partial charge in [0.15, 0.2) is 0 Å². The van der Waals surface area contributed by atoms with Crippen LogP contribution in [0.25, 0.3) is 0 Å². The van der Waals surface area contributed by atoms with Gasteiger partial charge in [-0.3, -0.25) is 19.7 Å². The number of benzene rings is 2. The van der Waals surface area contributed by atoms with Gasteiger partial charge in [0.1, 0.15) is 6.04 Å². The summed E-state index contributed by atoms with van der Waals surface area (Å²) in [6.07, 6.45) is 0.518. The summed E-state index contributed by atoms with van der Waals surface area (Å²) in [5, 5.41) is 13.4. The number of nitrogens with zero attached hydrogens (tertiary/aromatic N) is 2. The molecule has 0 spiro atoms. The summed E-state index contributed by atoms with van der Waals surface area (Å²) in [5.74, 6) is 0.478. The van der Waals surface area contributed by atoms with Crippen molar-refractivity contribution in [2.24, 2.45) is 0 Å². The van der Waals surface area contributed by atoms with Crippen LogP contribution in [0.3, 0.4) is 0 Å². The first kappa shape index (κ1) is 23.4. The second kappa shape index (κ2) is 11.3. The second-order valence-corrected chi connectivity index (χ2v) is 7.95. The molecule has 160 valence electrons. The predicted molar refractivity (Wildman–Crippen MR) is 119 cm³/mol. The normalized spacial score (nSPS) is 11.6. The van der Waals surface area contributed by atoms with Gasteiger partial charge >= 0.3 is 0 Å². The van der Waals surface area contributed by atoms with Crippen LogP contribution in [-0.2, 0) is 21.9 Å². The van der Waals surface area contributed by atoms with Gasteiger partial charge in [0.25, 0.3) is 5.69 Å². The molecule has 0 fully saturated rings. The largest absolute Gasteiger partial charge is 0.357 e. The van der Waals surface area contributed by atoms with Crippen LogP contribution in [0.1, 0.15) is 30.0 Å². The Kier molecular flexibility index (Phi) is 8.86. The number of carbonyl (C=O) groups is 2. The van der Waals surface area contributed by atoms with Gasteiger partial charge in [0, 0.05) is 31.5 Å². The first-order valence-corrected chi connectivity index (χ1v) is 10.9. The maximum Gasteiger partial charge on any atom is 0.269 e. The van der Waals surface area contributed by atoms with Crippen molar-refractivity contribution in [2.45, 2.75) is 38.6 Å². The van der Waals surface area contributed by atoms with Gasteiger partial charge in [0.05, 0.1) is 10.7 Å². The van der Waals surface area contributed by atoms with E-state index in [2.05, 4.69) is 5.32 Å². The highest BCUT2D eigenvalue weighted by Gasteiger charge is 2.27. The van der Waals surface area contributed by atoms with Gasteiger partial charge in [0.2, 0.25) is 11.8 Å². The average Bonchev–Trinajstić information content (AvgIpc) is 2.75. The zero-order valence-electron chi connectivity index (χ0n) is 17.5. The summed E-state index contributed by atoms with van der Waals surface area (Å²) in [7, 11) is 1.57. The van der Waals surface area contributed by atoms with E-state index in [1.807, 2.05) is 38.1 Å². The van der Waals surface area contributed by atoms with E-state index in [9.17, 15) is 19.7 Å². The first-order valence-electron chi connectivity index (χ1n) is 9.73. The molecule has 0 radical (unpaired) electrons. The quantitative estimate of drug-likeness (QED) is 0.459. The number of non-ortho nitro benzene ring substituents is 1. The fourth-order valence-electron chi connectivity index (χ4n) is 3.03. The minimum Gasteiger partial charge on any atom is -0.357 e. The molecule has 0 heterocycles. The molecule has 2 amide bonds. The summed E-state index contributed by atoms with van der Waals surface area (Å²) in [6, 6.07) is 13.7. The number of thioether (sulfide) groups is 1. The number of nitro benzene ring substituents is 1. The molecule has 2 aromatic carbocycles. The van der Waals surface area contributed by atoms with Crippen molar-refractivity contribution in [3.8, 4) is 0 Å². The molecule has 1 unspecified atom stereocenters. The van der Waals surface area contributed by atoms with Crippen LogP contribution in [0.5, 0.6) is 0 Å². The van der Waals surface area contributed by atoms with E-state index in [1.54, 1.807) is 24.1 Å². The molecule has 8 heteroatoms. The molecule has 0 saturated heterocycles. The maximum absolute atomic E-state index is 13.0. The molecule has 30 heavy (non-hydrogen) atoms. The average molecular weight is 430 g/mol. The van der Waals surface area contributed by atoms with E-state index in [-0.39, 0.29) is 23.3 Å². The molecule has 0 aromatic heterocycles. The number of nitro groups is 1. The van der Waals surface area contributed by atoms with Crippen molar-refractivity contribution >= 4 is 29.3 Å². The van der Waals surface area contributed by atoms with E-state index in [0.717, 1.165) is 16.7 Å². The van der Waals surface area contributed by atoms with Gasteiger partial charge in [-0.1, -0.05) is 48.9 Å². The van der Waals surface area contributed by atoms with Gasteiger partial charge in [-0.15, -0.1) is 11.8 Å². The van der Waals surface area contributed by atoms with Crippen molar-refractivity contribution < 1.29 is 14.5 Å². The number of hydrogen-bond acceptors (Lipinski definition) is 5. The third-order valence-electron chi connectivity index (χ3n) is 4.75. The number of hydrogen-bond donors (Lipinski definition) is 1. The van der Waals surface area contributed by atoms with Crippen LogP contribution < -0.4 is 5.32 Å². The topological polar surface area (TPSA) is 92.6 Å². The lowest BCUT2D eigenvalue weighted by atomic mass is 10.1. The fraction of sp³-hybridized carbons (Fsp3) is 0.364. The second-order valence-electron chi connectivity index (χ2n) is 6.96. The third-order valence-corrected chi connectivity index (χ3v) is 5.74. The van der Waals surface area contributed by atoms with Crippen LogP contribution in [0.2, 0.25) is 0 Å². The molecule has 0 aliphatic carbocycles. The summed E-state index contributed by atoms with van der Waals surface area (Å²) >= 11 is 1.42. The summed E-state index contributed by atoms with van der Waals surface area (Å²) in [6.45, 7) is 4.25. The maximum atomic E-state index is 13.0. The predicted octanol–water partition coefficient (Wildman–Crippen LogP) is 3.69. The molecule has 2 aromatic rings. The molecule has 0 bridgehead atoms. The number of amides is 2. The molecule has 0 aliphatic rings. The smallest absolute Gasteiger partial charge is 0.269 e. The van der Waals surface area contributed by atoms with E-state index in [4.69, 9.17) is 0 Å². The highest BCUT2D eigenvalue weighted by molar-refractivity contribution is 7.99. The van der Waals surface area contributed by atoms with Crippen LogP contribution in [-0.4, -0.2) is 40.5 Å². The Labute approximate surface area is 181 Å². The minimum atomic E-state index is -0.538. The summed E-state index contributed by atoms with van der Waals surface area (Å²) < 4.78 is 0. The van der Waals surface area contributed by atoms with Crippen LogP contribution in [0.15, 0.2) is 48.5 Å². The number of carbonyl (C=O) groups excluding carboxylic acids is 2. The Morgan fingerprint density at radius 3 is 2.23 bits per heavy atom. The first-order chi connectivity index (χ1) is 14.3. The minimum absolute atomic E-state index is 0.0421. The van der Waals surface area contributed by atoms with Crippen LogP contribution >= 0.6 is 11.8 Å². The third kappa shape index (κ3) is 6.59. The van der Waals surface area contributed by atoms with Crippen molar-refractivity contribution in [2.75, 3.05) is 12.8 Å².